The Balaban J connectivity index is 1.23. The molecule has 2 saturated heterocycles. The lowest BCUT2D eigenvalue weighted by Gasteiger charge is -2.71. The standard InChI is InChI=1S/C55H59NO15/c1-30-38(67-50(62)43(59)42(33-17-11-8-12-18-33)56-48(60)34-19-13-9-14-20-34)28-55(63)47(69-49(61)35-21-15-10-16-22-35)45-53(6)39(27-40-54(45,29-65-40)71-32(3)58)68-51(36-23-25-37(64-7)26-24-36)70-46(53)44(66-31(2)57)41(30)52(55,4)5/h8-26,38-40,42-47,51,59,63H,27-29H2,1-7H3,(H,56,60)/t38-,39-,40+,42-,43+,44-,45-,46-,47-,51?,53+,54-,55+/m0/s1. The third-order valence-electron chi connectivity index (χ3n) is 15.6. The van der Waals surface area contributed by atoms with E-state index in [1.54, 1.807) is 143 Å². The van der Waals surface area contributed by atoms with Crippen molar-refractivity contribution in [2.24, 2.45) is 16.7 Å². The Morgan fingerprint density at radius 1 is 0.761 bits per heavy atom. The Morgan fingerprint density at radius 2 is 1.38 bits per heavy atom. The minimum atomic E-state index is -2.28. The molecule has 9 rings (SSSR count). The van der Waals surface area contributed by atoms with E-state index < -0.39 is 119 Å². The molecule has 2 aliphatic heterocycles. The van der Waals surface area contributed by atoms with Gasteiger partial charge in [0.05, 0.1) is 37.3 Å². The van der Waals surface area contributed by atoms with E-state index >= 15 is 0 Å². The van der Waals surface area contributed by atoms with Gasteiger partial charge in [-0.25, -0.2) is 9.59 Å². The van der Waals surface area contributed by atoms with Gasteiger partial charge in [0.15, 0.2) is 24.1 Å². The van der Waals surface area contributed by atoms with Crippen LogP contribution in [0.3, 0.4) is 0 Å². The summed E-state index contributed by atoms with van der Waals surface area (Å²) >= 11 is 0. The smallest absolute Gasteiger partial charge is 0.338 e. The fourth-order valence-corrected chi connectivity index (χ4v) is 12.0. The molecule has 1 amide bonds. The van der Waals surface area contributed by atoms with E-state index in [0.717, 1.165) is 0 Å². The van der Waals surface area contributed by atoms with Gasteiger partial charge in [0.1, 0.15) is 35.8 Å². The van der Waals surface area contributed by atoms with Crippen LogP contribution in [0.25, 0.3) is 0 Å². The maximum atomic E-state index is 14.7. The van der Waals surface area contributed by atoms with Gasteiger partial charge in [-0.05, 0) is 60.0 Å². The number of aliphatic hydroxyl groups is 2. The van der Waals surface area contributed by atoms with Crippen molar-refractivity contribution < 1.29 is 72.1 Å². The molecule has 16 nitrogen and oxygen atoms in total. The Hall–Kier alpha value is -6.43. The number of ether oxygens (including phenoxy) is 8. The first-order chi connectivity index (χ1) is 33.8. The number of carbonyl (C=O) groups excluding carboxylic acids is 5. The predicted molar refractivity (Wildman–Crippen MR) is 252 cm³/mol. The SMILES string of the molecule is COc1ccc(C2O[C@H]3C[C@H]4OC[C@@]4(OC(C)=O)[C@H]4[C@H](OC(=O)c5ccccc5)[C@]5(O)C[C@H](OC(=O)[C@H](O)[C@@H](NC(=O)c6ccccc6)c6ccccc6)C(C)=C([C@H](OC(C)=O)[C@H](O2)[C@]34C)C5(C)C)cc1. The Morgan fingerprint density at radius 3 is 1.96 bits per heavy atom. The van der Waals surface area contributed by atoms with Crippen LogP contribution in [0, 0.1) is 16.7 Å². The van der Waals surface area contributed by atoms with Crippen LogP contribution in [-0.2, 0) is 47.5 Å². The van der Waals surface area contributed by atoms with Crippen molar-refractivity contribution >= 4 is 29.8 Å². The van der Waals surface area contributed by atoms with Gasteiger partial charge < -0.3 is 53.4 Å². The van der Waals surface area contributed by atoms with Crippen molar-refractivity contribution in [3.8, 4) is 5.75 Å². The predicted octanol–water partition coefficient (Wildman–Crippen LogP) is 6.30. The summed E-state index contributed by atoms with van der Waals surface area (Å²) in [5.41, 5.74) is -4.77. The monoisotopic (exact) mass is 973 g/mol. The molecule has 1 unspecified atom stereocenters. The first-order valence-electron chi connectivity index (χ1n) is 23.8. The van der Waals surface area contributed by atoms with Crippen LogP contribution in [0.4, 0.5) is 0 Å². The van der Waals surface area contributed by atoms with Gasteiger partial charge in [-0.1, -0.05) is 99.6 Å². The maximum absolute atomic E-state index is 14.7. The number of rotatable bonds is 12. The van der Waals surface area contributed by atoms with Gasteiger partial charge in [-0.2, -0.15) is 0 Å². The number of esters is 4. The number of benzene rings is 4. The first-order valence-corrected chi connectivity index (χ1v) is 23.8. The van der Waals surface area contributed by atoms with E-state index in [9.17, 15) is 34.2 Å². The zero-order valence-electron chi connectivity index (χ0n) is 40.6. The minimum Gasteiger partial charge on any atom is -0.497 e. The van der Waals surface area contributed by atoms with Crippen LogP contribution in [0.5, 0.6) is 5.75 Å². The summed E-state index contributed by atoms with van der Waals surface area (Å²) in [6.07, 6.45) is -10.7. The van der Waals surface area contributed by atoms with Crippen LogP contribution in [0.1, 0.15) is 98.6 Å². The van der Waals surface area contributed by atoms with E-state index in [2.05, 4.69) is 5.32 Å². The molecule has 374 valence electrons. The van der Waals surface area contributed by atoms with Crippen molar-refractivity contribution in [2.75, 3.05) is 13.7 Å². The molecule has 5 aliphatic rings. The van der Waals surface area contributed by atoms with Crippen LogP contribution in [0.15, 0.2) is 126 Å². The second-order valence-corrected chi connectivity index (χ2v) is 19.9. The summed E-state index contributed by atoms with van der Waals surface area (Å²) in [5, 5.41) is 29.0. The van der Waals surface area contributed by atoms with Gasteiger partial charge in [-0.15, -0.1) is 0 Å². The zero-order valence-corrected chi connectivity index (χ0v) is 40.6. The summed E-state index contributed by atoms with van der Waals surface area (Å²) in [6.45, 7) is 9.30. The average Bonchev–Trinajstić information content (AvgIpc) is 3.35. The molecule has 2 bridgehead atoms. The highest BCUT2D eigenvalue weighted by atomic mass is 16.7. The normalized spacial score (nSPS) is 32.1. The molecule has 2 heterocycles. The van der Waals surface area contributed by atoms with Gasteiger partial charge >= 0.3 is 23.9 Å². The number of nitrogens with one attached hydrogen (secondary N) is 1. The lowest BCUT2D eigenvalue weighted by molar-refractivity contribution is -0.413. The van der Waals surface area contributed by atoms with Crippen LogP contribution in [0.2, 0.25) is 0 Å². The number of carbonyl (C=O) groups is 5. The average molecular weight is 974 g/mol. The Bertz CT molecular complexity index is 2700. The Labute approximate surface area is 411 Å². The number of hydrogen-bond acceptors (Lipinski definition) is 15. The second-order valence-electron chi connectivity index (χ2n) is 19.9. The molecule has 3 N–H and O–H groups in total. The summed E-state index contributed by atoms with van der Waals surface area (Å²) in [4.78, 5) is 70.1. The summed E-state index contributed by atoms with van der Waals surface area (Å²) < 4.78 is 51.7. The van der Waals surface area contributed by atoms with Crippen LogP contribution in [-0.4, -0.2) is 108 Å². The number of fused-ring (bicyclic) bond motifs is 4. The molecule has 16 heteroatoms. The van der Waals surface area contributed by atoms with E-state index in [0.29, 0.717) is 28.0 Å². The first kappa shape index (κ1) is 49.5. The summed E-state index contributed by atoms with van der Waals surface area (Å²) in [7, 11) is 1.54. The molecule has 71 heavy (non-hydrogen) atoms. The van der Waals surface area contributed by atoms with Crippen molar-refractivity contribution in [2.45, 2.75) is 121 Å². The molecule has 4 aromatic rings. The van der Waals surface area contributed by atoms with Crippen molar-refractivity contribution in [1.82, 2.24) is 5.32 Å². The number of aliphatic hydroxyl groups excluding tert-OH is 1. The van der Waals surface area contributed by atoms with Crippen molar-refractivity contribution in [3.05, 3.63) is 149 Å². The highest BCUT2D eigenvalue weighted by Crippen LogP contribution is 2.68. The van der Waals surface area contributed by atoms with Gasteiger partial charge in [0.25, 0.3) is 5.91 Å². The highest BCUT2D eigenvalue weighted by molar-refractivity contribution is 5.95. The number of amides is 1. The van der Waals surface area contributed by atoms with Crippen LogP contribution >= 0.6 is 0 Å². The summed E-state index contributed by atoms with van der Waals surface area (Å²) in [5.74, 6) is -4.57. The van der Waals surface area contributed by atoms with Gasteiger partial charge in [-0.3, -0.25) is 14.4 Å². The molecule has 0 radical (unpaired) electrons. The van der Waals surface area contributed by atoms with E-state index in [-0.39, 0.29) is 24.2 Å². The van der Waals surface area contributed by atoms with Crippen LogP contribution < -0.4 is 10.1 Å². The Kier molecular flexibility index (Phi) is 13.2. The van der Waals surface area contributed by atoms with Gasteiger partial charge in [0.2, 0.25) is 0 Å². The molecular formula is C55H59NO15. The quantitative estimate of drug-likeness (QED) is 0.0808. The molecule has 3 aliphatic carbocycles. The molecular weight excluding hydrogens is 915 g/mol. The van der Waals surface area contributed by atoms with E-state index in [1.807, 2.05) is 6.92 Å². The highest BCUT2D eigenvalue weighted by Gasteiger charge is 2.80. The number of hydrogen-bond donors (Lipinski definition) is 3. The molecule has 13 atom stereocenters. The van der Waals surface area contributed by atoms with Crippen molar-refractivity contribution in [3.63, 3.8) is 0 Å². The summed E-state index contributed by atoms with van der Waals surface area (Å²) in [6, 6.07) is 30.7. The maximum Gasteiger partial charge on any atom is 0.338 e. The topological polar surface area (TPSA) is 212 Å². The zero-order chi connectivity index (χ0) is 50.6. The lowest BCUT2D eigenvalue weighted by Crippen LogP contribution is -2.83. The largest absolute Gasteiger partial charge is 0.497 e. The molecule has 2 saturated carbocycles. The molecule has 4 fully saturated rings. The van der Waals surface area contributed by atoms with E-state index in [4.69, 9.17) is 37.9 Å². The van der Waals surface area contributed by atoms with Crippen molar-refractivity contribution in [1.29, 1.82) is 0 Å². The molecule has 0 aromatic heterocycles. The lowest BCUT2D eigenvalue weighted by atomic mass is 9.44. The molecule has 4 aromatic carbocycles. The second kappa shape index (κ2) is 19.0. The third kappa shape index (κ3) is 8.48. The number of methoxy groups -OCH3 is 1. The minimum absolute atomic E-state index is 0.153. The van der Waals surface area contributed by atoms with E-state index in [1.165, 1.54) is 13.8 Å². The van der Waals surface area contributed by atoms with Gasteiger partial charge in [0, 0.05) is 48.6 Å². The third-order valence-corrected chi connectivity index (χ3v) is 15.6. The molecule has 0 spiro atoms. The fourth-order valence-electron chi connectivity index (χ4n) is 12.0. The fraction of sp³-hybridized carbons (Fsp3) is 0.436.